The van der Waals surface area contributed by atoms with Crippen molar-refractivity contribution in [1.82, 2.24) is 4.90 Å². The van der Waals surface area contributed by atoms with Gasteiger partial charge in [-0.05, 0) is 36.4 Å². The van der Waals surface area contributed by atoms with Crippen LogP contribution < -0.4 is 5.32 Å². The quantitative estimate of drug-likeness (QED) is 0.741. The average molecular weight is 407 g/mol. The van der Waals surface area contributed by atoms with Crippen molar-refractivity contribution < 1.29 is 24.3 Å². The van der Waals surface area contributed by atoms with E-state index in [0.717, 1.165) is 4.90 Å². The van der Waals surface area contributed by atoms with Crippen molar-refractivity contribution >= 4 is 52.6 Å². The van der Waals surface area contributed by atoms with Gasteiger partial charge in [0.05, 0.1) is 27.6 Å². The molecule has 0 atom stereocenters. The lowest BCUT2D eigenvalue weighted by Crippen LogP contribution is -2.31. The van der Waals surface area contributed by atoms with E-state index in [4.69, 9.17) is 28.3 Å². The maximum atomic E-state index is 12.4. The Morgan fingerprint density at radius 2 is 1.67 bits per heavy atom. The second-order valence-electron chi connectivity index (χ2n) is 5.75. The number of benzene rings is 2. The zero-order valence-corrected chi connectivity index (χ0v) is 15.2. The third-order valence-electron chi connectivity index (χ3n) is 3.96. The fourth-order valence-corrected chi connectivity index (χ4v) is 2.92. The lowest BCUT2D eigenvalue weighted by molar-refractivity contribution is -0.137. The van der Waals surface area contributed by atoms with Crippen LogP contribution in [0.3, 0.4) is 0 Å². The first kappa shape index (κ1) is 18.9. The number of hydrogen-bond acceptors (Lipinski definition) is 4. The van der Waals surface area contributed by atoms with E-state index in [1.165, 1.54) is 36.4 Å². The highest BCUT2D eigenvalue weighted by molar-refractivity contribution is 6.42. The summed E-state index contributed by atoms with van der Waals surface area (Å²) in [5.74, 6) is -2.73. The summed E-state index contributed by atoms with van der Waals surface area (Å²) in [6.07, 6.45) is -0.341. The topological polar surface area (TPSA) is 104 Å². The van der Waals surface area contributed by atoms with Gasteiger partial charge in [-0.2, -0.15) is 0 Å². The van der Waals surface area contributed by atoms with E-state index in [2.05, 4.69) is 5.32 Å². The Morgan fingerprint density at radius 3 is 2.33 bits per heavy atom. The van der Waals surface area contributed by atoms with Gasteiger partial charge in [-0.1, -0.05) is 23.2 Å². The van der Waals surface area contributed by atoms with Gasteiger partial charge in [0, 0.05) is 17.8 Å². The molecule has 9 heteroatoms. The summed E-state index contributed by atoms with van der Waals surface area (Å²) in [6.45, 7) is -0.216. The minimum absolute atomic E-state index is 0.109. The first-order valence-electron chi connectivity index (χ1n) is 7.76. The van der Waals surface area contributed by atoms with E-state index in [1.54, 1.807) is 0 Å². The van der Waals surface area contributed by atoms with Crippen molar-refractivity contribution in [3.05, 3.63) is 63.1 Å². The molecule has 0 saturated carbocycles. The molecule has 0 saturated heterocycles. The molecule has 3 rings (SSSR count). The molecule has 138 valence electrons. The zero-order chi connectivity index (χ0) is 19.7. The number of carbonyl (C=O) groups is 4. The fraction of sp³-hybridized carbons (Fsp3) is 0.111. The van der Waals surface area contributed by atoms with Crippen molar-refractivity contribution in [3.8, 4) is 0 Å². The summed E-state index contributed by atoms with van der Waals surface area (Å²) < 4.78 is 0. The van der Waals surface area contributed by atoms with E-state index in [0.29, 0.717) is 10.7 Å². The number of halogens is 2. The van der Waals surface area contributed by atoms with Crippen LogP contribution in [0.5, 0.6) is 0 Å². The number of hydrogen-bond donors (Lipinski definition) is 2. The molecule has 0 aliphatic carbocycles. The highest BCUT2D eigenvalue weighted by Crippen LogP contribution is 2.27. The van der Waals surface area contributed by atoms with Gasteiger partial charge in [0.2, 0.25) is 0 Å². The molecule has 2 aromatic carbocycles. The molecule has 1 heterocycles. The number of fused-ring (bicyclic) bond motifs is 1. The maximum Gasteiger partial charge on any atom is 0.305 e. The number of nitrogens with one attached hydrogen (secondary N) is 1. The summed E-state index contributed by atoms with van der Waals surface area (Å²) in [4.78, 5) is 48.5. The standard InChI is InChI=1S/C18H12Cl2N2O5/c19-13-4-1-9(7-14(13)20)16(25)21-10-2-3-11-12(8-10)18(27)22(17(11)26)6-5-15(23)24/h1-4,7-8H,5-6H2,(H,21,25)(H,23,24). The molecule has 0 aromatic heterocycles. The molecule has 0 radical (unpaired) electrons. The van der Waals surface area contributed by atoms with Crippen molar-refractivity contribution in [2.24, 2.45) is 0 Å². The summed E-state index contributed by atoms with van der Waals surface area (Å²) in [5.41, 5.74) is 0.858. The number of amides is 3. The smallest absolute Gasteiger partial charge is 0.305 e. The molecule has 0 unspecified atom stereocenters. The molecule has 0 fully saturated rings. The Kier molecular flexibility index (Phi) is 5.16. The minimum Gasteiger partial charge on any atom is -0.481 e. The van der Waals surface area contributed by atoms with Crippen LogP contribution in [0.4, 0.5) is 5.69 Å². The molecule has 2 aromatic rings. The van der Waals surface area contributed by atoms with Crippen molar-refractivity contribution in [3.63, 3.8) is 0 Å². The zero-order valence-electron chi connectivity index (χ0n) is 13.7. The number of nitrogens with zero attached hydrogens (tertiary/aromatic N) is 1. The first-order chi connectivity index (χ1) is 12.8. The molecular weight excluding hydrogens is 395 g/mol. The van der Waals surface area contributed by atoms with Crippen LogP contribution >= 0.6 is 23.2 Å². The Bertz CT molecular complexity index is 990. The van der Waals surface area contributed by atoms with Crippen LogP contribution in [0.25, 0.3) is 0 Å². The lowest BCUT2D eigenvalue weighted by Gasteiger charge is -2.11. The molecule has 1 aliphatic heterocycles. The molecule has 27 heavy (non-hydrogen) atoms. The van der Waals surface area contributed by atoms with Crippen molar-refractivity contribution in [2.75, 3.05) is 11.9 Å². The van der Waals surface area contributed by atoms with Gasteiger partial charge in [0.1, 0.15) is 0 Å². The summed E-state index contributed by atoms with van der Waals surface area (Å²) in [5, 5.41) is 11.9. The third kappa shape index (κ3) is 3.79. The second kappa shape index (κ2) is 7.38. The largest absolute Gasteiger partial charge is 0.481 e. The SMILES string of the molecule is O=C(O)CCN1C(=O)c2ccc(NC(=O)c3ccc(Cl)c(Cl)c3)cc2C1=O. The number of anilines is 1. The minimum atomic E-state index is -1.11. The third-order valence-corrected chi connectivity index (χ3v) is 4.70. The lowest BCUT2D eigenvalue weighted by atomic mass is 10.1. The highest BCUT2D eigenvalue weighted by Gasteiger charge is 2.35. The first-order valence-corrected chi connectivity index (χ1v) is 8.52. The Morgan fingerprint density at radius 1 is 0.963 bits per heavy atom. The molecule has 1 aliphatic rings. The van der Waals surface area contributed by atoms with Gasteiger partial charge in [0.25, 0.3) is 17.7 Å². The van der Waals surface area contributed by atoms with Gasteiger partial charge in [-0.15, -0.1) is 0 Å². The van der Waals surface area contributed by atoms with E-state index < -0.39 is 23.7 Å². The normalized spacial score (nSPS) is 12.9. The van der Waals surface area contributed by atoms with E-state index in [-0.39, 0.29) is 34.7 Å². The van der Waals surface area contributed by atoms with Crippen molar-refractivity contribution in [2.45, 2.75) is 6.42 Å². The highest BCUT2D eigenvalue weighted by atomic mass is 35.5. The number of rotatable bonds is 5. The predicted octanol–water partition coefficient (Wildman–Crippen LogP) is 3.32. The molecule has 7 nitrogen and oxygen atoms in total. The molecule has 0 bridgehead atoms. The number of carboxylic acid groups (broad SMARTS) is 1. The van der Waals surface area contributed by atoms with Crippen LogP contribution in [0.1, 0.15) is 37.5 Å². The average Bonchev–Trinajstić information content (AvgIpc) is 2.86. The van der Waals surface area contributed by atoms with Crippen LogP contribution in [-0.4, -0.2) is 40.2 Å². The van der Waals surface area contributed by atoms with Gasteiger partial charge in [-0.3, -0.25) is 24.1 Å². The van der Waals surface area contributed by atoms with Gasteiger partial charge < -0.3 is 10.4 Å². The van der Waals surface area contributed by atoms with Crippen LogP contribution in [0.2, 0.25) is 10.0 Å². The van der Waals surface area contributed by atoms with E-state index in [1.807, 2.05) is 0 Å². The Labute approximate surface area is 163 Å². The monoisotopic (exact) mass is 406 g/mol. The number of carbonyl (C=O) groups excluding carboxylic acids is 3. The van der Waals surface area contributed by atoms with Crippen molar-refractivity contribution in [1.29, 1.82) is 0 Å². The molecular formula is C18H12Cl2N2O5. The summed E-state index contributed by atoms with van der Waals surface area (Å²) in [7, 11) is 0. The van der Waals surface area contributed by atoms with Gasteiger partial charge in [-0.25, -0.2) is 0 Å². The van der Waals surface area contributed by atoms with Crippen LogP contribution in [0.15, 0.2) is 36.4 Å². The van der Waals surface area contributed by atoms with Crippen LogP contribution in [-0.2, 0) is 4.79 Å². The second-order valence-corrected chi connectivity index (χ2v) is 6.56. The molecule has 0 spiro atoms. The van der Waals surface area contributed by atoms with E-state index >= 15 is 0 Å². The van der Waals surface area contributed by atoms with Gasteiger partial charge >= 0.3 is 5.97 Å². The van der Waals surface area contributed by atoms with Gasteiger partial charge in [0.15, 0.2) is 0 Å². The Hall–Kier alpha value is -2.90. The maximum absolute atomic E-state index is 12.4. The summed E-state index contributed by atoms with van der Waals surface area (Å²) >= 11 is 11.7. The van der Waals surface area contributed by atoms with Crippen LogP contribution in [0, 0.1) is 0 Å². The number of aliphatic carboxylic acids is 1. The fourth-order valence-electron chi connectivity index (χ4n) is 2.62. The predicted molar refractivity (Wildman–Crippen MR) is 98.5 cm³/mol. The summed E-state index contributed by atoms with van der Waals surface area (Å²) in [6, 6.07) is 8.69. The number of imide groups is 1. The Balaban J connectivity index is 1.80. The number of carboxylic acids is 1. The molecule has 3 amide bonds. The molecule has 2 N–H and O–H groups in total. The van der Waals surface area contributed by atoms with E-state index in [9.17, 15) is 19.2 Å².